The van der Waals surface area contributed by atoms with Crippen molar-refractivity contribution in [1.29, 1.82) is 0 Å². The van der Waals surface area contributed by atoms with E-state index in [1.165, 1.54) is 33.9 Å². The number of fused-ring (bicyclic) bond motifs is 1. The van der Waals surface area contributed by atoms with Crippen molar-refractivity contribution in [3.8, 4) is 11.1 Å². The fourth-order valence-corrected chi connectivity index (χ4v) is 5.97. The number of aryl methyl sites for hydroxylation is 2. The molecule has 1 N–H and O–H groups in total. The molecule has 4 aromatic rings. The first kappa shape index (κ1) is 29.6. The van der Waals surface area contributed by atoms with Crippen molar-refractivity contribution in [2.24, 2.45) is 0 Å². The molecule has 0 unspecified atom stereocenters. The van der Waals surface area contributed by atoms with Crippen molar-refractivity contribution >= 4 is 5.97 Å². The topological polar surface area (TPSA) is 53.7 Å². The zero-order valence-electron chi connectivity index (χ0n) is 24.4. The van der Waals surface area contributed by atoms with E-state index in [-0.39, 0.29) is 12.3 Å². The van der Waals surface area contributed by atoms with Gasteiger partial charge in [-0.05, 0) is 109 Å². The van der Waals surface area contributed by atoms with Gasteiger partial charge in [-0.15, -0.1) is 0 Å². The van der Waals surface area contributed by atoms with Crippen molar-refractivity contribution in [1.82, 2.24) is 4.90 Å². The number of hydrogen-bond acceptors (Lipinski definition) is 3. The van der Waals surface area contributed by atoms with E-state index in [9.17, 15) is 23.1 Å². The lowest BCUT2D eigenvalue weighted by atomic mass is 9.83. The van der Waals surface area contributed by atoms with E-state index < -0.39 is 23.3 Å². The van der Waals surface area contributed by atoms with Crippen LogP contribution in [0, 0.1) is 13.8 Å². The number of aliphatic carboxylic acids is 1. The molecule has 0 saturated heterocycles. The fourth-order valence-electron chi connectivity index (χ4n) is 5.97. The summed E-state index contributed by atoms with van der Waals surface area (Å²) in [6.07, 6.45) is -1.32. The first-order chi connectivity index (χ1) is 19.8. The Bertz CT molecular complexity index is 1600. The predicted molar refractivity (Wildman–Crippen MR) is 157 cm³/mol. The van der Waals surface area contributed by atoms with E-state index in [1.54, 1.807) is 13.8 Å². The molecule has 5 rings (SSSR count). The summed E-state index contributed by atoms with van der Waals surface area (Å²) in [5.74, 6) is -1.59. The van der Waals surface area contributed by atoms with Crippen molar-refractivity contribution in [3.63, 3.8) is 0 Å². The molecule has 1 heterocycles. The quantitative estimate of drug-likeness (QED) is 0.217. The molecular formula is C35H36F3NO3. The zero-order chi connectivity index (χ0) is 30.2. The van der Waals surface area contributed by atoms with Crippen molar-refractivity contribution in [2.75, 3.05) is 0 Å². The molecule has 0 amide bonds. The molecule has 1 aromatic heterocycles. The third kappa shape index (κ3) is 6.16. The third-order valence-corrected chi connectivity index (χ3v) is 8.48. The maximum atomic E-state index is 13.2. The van der Waals surface area contributed by atoms with Gasteiger partial charge < -0.3 is 9.52 Å². The Balaban J connectivity index is 1.42. The van der Waals surface area contributed by atoms with E-state index in [0.717, 1.165) is 47.6 Å². The minimum absolute atomic E-state index is 0.242. The average molecular weight is 576 g/mol. The summed E-state index contributed by atoms with van der Waals surface area (Å²) in [5.41, 5.74) is 9.17. The second-order valence-electron chi connectivity index (χ2n) is 11.9. The van der Waals surface area contributed by atoms with E-state index in [1.807, 2.05) is 48.5 Å². The summed E-state index contributed by atoms with van der Waals surface area (Å²) in [5, 5.41) is 9.64. The number of halogens is 3. The van der Waals surface area contributed by atoms with Gasteiger partial charge in [0, 0.05) is 13.1 Å². The first-order valence-corrected chi connectivity index (χ1v) is 14.3. The van der Waals surface area contributed by atoms with Crippen LogP contribution in [0.5, 0.6) is 0 Å². The van der Waals surface area contributed by atoms with Gasteiger partial charge in [0.25, 0.3) is 0 Å². The first-order valence-electron chi connectivity index (χ1n) is 14.3. The number of benzene rings is 3. The summed E-state index contributed by atoms with van der Waals surface area (Å²) in [7, 11) is 0. The standard InChI is InChI=1S/C35H36F3NO3/c1-22-17-23(2)31(30-10-6-9-29(22)30)21-39(20-28-15-16-32(42-28)35(36,37)38)19-24-11-13-25(14-12-24)26-7-5-8-27(18-26)34(3,4)33(40)41/h5,7-8,11-18H,6,9-10,19-21H2,1-4H3,(H,40,41). The second kappa shape index (κ2) is 11.4. The highest BCUT2D eigenvalue weighted by atomic mass is 19.4. The molecule has 0 aliphatic heterocycles. The third-order valence-electron chi connectivity index (χ3n) is 8.48. The molecular weight excluding hydrogens is 539 g/mol. The largest absolute Gasteiger partial charge is 0.481 e. The Morgan fingerprint density at radius 3 is 2.24 bits per heavy atom. The second-order valence-corrected chi connectivity index (χ2v) is 11.9. The van der Waals surface area contributed by atoms with Crippen molar-refractivity contribution in [2.45, 2.75) is 78.2 Å². The van der Waals surface area contributed by atoms with Gasteiger partial charge >= 0.3 is 12.1 Å². The molecule has 3 aromatic carbocycles. The zero-order valence-corrected chi connectivity index (χ0v) is 24.4. The molecule has 0 spiro atoms. The average Bonchev–Trinajstić information content (AvgIpc) is 3.62. The minimum atomic E-state index is -4.52. The van der Waals surface area contributed by atoms with Gasteiger partial charge in [-0.2, -0.15) is 13.2 Å². The maximum absolute atomic E-state index is 13.2. The van der Waals surface area contributed by atoms with E-state index in [4.69, 9.17) is 4.42 Å². The lowest BCUT2D eigenvalue weighted by Gasteiger charge is -2.25. The molecule has 0 saturated carbocycles. The highest BCUT2D eigenvalue weighted by Gasteiger charge is 2.35. The molecule has 42 heavy (non-hydrogen) atoms. The lowest BCUT2D eigenvalue weighted by Crippen LogP contribution is -2.28. The van der Waals surface area contributed by atoms with Crippen LogP contribution >= 0.6 is 0 Å². The van der Waals surface area contributed by atoms with Crippen LogP contribution in [-0.2, 0) is 48.9 Å². The number of alkyl halides is 3. The summed E-state index contributed by atoms with van der Waals surface area (Å²) in [6, 6.07) is 20.2. The Labute approximate surface area is 244 Å². The number of furan rings is 1. The summed E-state index contributed by atoms with van der Waals surface area (Å²) < 4.78 is 45.0. The number of carbonyl (C=O) groups is 1. The Hall–Kier alpha value is -3.84. The van der Waals surface area contributed by atoms with Crippen molar-refractivity contribution in [3.05, 3.63) is 117 Å². The van der Waals surface area contributed by atoms with Crippen molar-refractivity contribution < 1.29 is 27.5 Å². The smallest absolute Gasteiger partial charge is 0.449 e. The summed E-state index contributed by atoms with van der Waals surface area (Å²) in [6.45, 7) is 9.01. The fraction of sp³-hybridized carbons (Fsp3) is 0.343. The van der Waals surface area contributed by atoms with Crippen LogP contribution in [0.4, 0.5) is 13.2 Å². The molecule has 0 radical (unpaired) electrons. The SMILES string of the molecule is Cc1cc(C)c(CN(Cc2ccc(-c3cccc(C(C)(C)C(=O)O)c3)cc2)Cc2ccc(C(F)(F)F)o2)c2c1CCC2. The maximum Gasteiger partial charge on any atom is 0.449 e. The van der Waals surface area contributed by atoms with Gasteiger partial charge in [0.2, 0.25) is 5.76 Å². The molecule has 1 aliphatic carbocycles. The van der Waals surface area contributed by atoms with Crippen LogP contribution in [0.1, 0.15) is 70.7 Å². The van der Waals surface area contributed by atoms with Gasteiger partial charge in [0.1, 0.15) is 5.76 Å². The molecule has 220 valence electrons. The van der Waals surface area contributed by atoms with Gasteiger partial charge in [-0.25, -0.2) is 0 Å². The Kier molecular flexibility index (Phi) is 8.08. The van der Waals surface area contributed by atoms with Gasteiger partial charge in [0.15, 0.2) is 0 Å². The van der Waals surface area contributed by atoms with Crippen LogP contribution in [-0.4, -0.2) is 16.0 Å². The molecule has 4 nitrogen and oxygen atoms in total. The van der Waals surface area contributed by atoms with Gasteiger partial charge in [-0.1, -0.05) is 54.6 Å². The normalized spacial score (nSPS) is 13.5. The molecule has 0 bridgehead atoms. The Morgan fingerprint density at radius 1 is 0.857 bits per heavy atom. The summed E-state index contributed by atoms with van der Waals surface area (Å²) >= 11 is 0. The highest BCUT2D eigenvalue weighted by molar-refractivity contribution is 5.81. The molecule has 0 fully saturated rings. The minimum Gasteiger partial charge on any atom is -0.481 e. The van der Waals surface area contributed by atoms with E-state index in [0.29, 0.717) is 13.1 Å². The number of rotatable bonds is 9. The van der Waals surface area contributed by atoms with Crippen LogP contribution in [0.15, 0.2) is 71.1 Å². The predicted octanol–water partition coefficient (Wildman–Crippen LogP) is 8.64. The summed E-state index contributed by atoms with van der Waals surface area (Å²) in [4.78, 5) is 13.9. The number of hydrogen-bond donors (Lipinski definition) is 1. The van der Waals surface area contributed by atoms with Gasteiger partial charge in [-0.3, -0.25) is 9.69 Å². The number of carboxylic acid groups (broad SMARTS) is 1. The highest BCUT2D eigenvalue weighted by Crippen LogP contribution is 2.34. The number of nitrogens with zero attached hydrogens (tertiary/aromatic N) is 1. The van der Waals surface area contributed by atoms with E-state index >= 15 is 0 Å². The van der Waals surface area contributed by atoms with Gasteiger partial charge in [0.05, 0.1) is 12.0 Å². The number of carboxylic acids is 1. The monoisotopic (exact) mass is 575 g/mol. The molecule has 0 atom stereocenters. The van der Waals surface area contributed by atoms with Crippen LogP contribution < -0.4 is 0 Å². The Morgan fingerprint density at radius 2 is 1.57 bits per heavy atom. The van der Waals surface area contributed by atoms with Crippen LogP contribution in [0.2, 0.25) is 0 Å². The van der Waals surface area contributed by atoms with E-state index in [2.05, 4.69) is 24.8 Å². The molecule has 7 heteroatoms. The van der Waals surface area contributed by atoms with Crippen LogP contribution in [0.3, 0.4) is 0 Å². The van der Waals surface area contributed by atoms with Crippen LogP contribution in [0.25, 0.3) is 11.1 Å². The lowest BCUT2D eigenvalue weighted by molar-refractivity contribution is -0.153. The molecule has 1 aliphatic rings.